The molecule has 22 heavy (non-hydrogen) atoms. The van der Waals surface area contributed by atoms with Gasteiger partial charge in [-0.05, 0) is 24.7 Å². The molecule has 1 amide bonds. The number of rotatable bonds is 3. The number of anilines is 1. The molecule has 0 fully saturated rings. The van der Waals surface area contributed by atoms with Crippen LogP contribution >= 0.6 is 22.9 Å². The number of benzene rings is 1. The van der Waals surface area contributed by atoms with Crippen molar-refractivity contribution >= 4 is 34.0 Å². The Morgan fingerprint density at radius 3 is 3.14 bits per heavy atom. The molecule has 116 valence electrons. The average molecular weight is 338 g/mol. The molecule has 2 heterocycles. The van der Waals surface area contributed by atoms with E-state index in [1.165, 1.54) is 34.4 Å². The maximum Gasteiger partial charge on any atom is 0.261 e. The Hall–Kier alpha value is -1.63. The zero-order chi connectivity index (χ0) is 15.7. The van der Waals surface area contributed by atoms with Gasteiger partial charge in [0.1, 0.15) is 5.75 Å². The summed E-state index contributed by atoms with van der Waals surface area (Å²) >= 11 is 7.36. The van der Waals surface area contributed by atoms with Gasteiger partial charge >= 0.3 is 0 Å². The lowest BCUT2D eigenvalue weighted by Gasteiger charge is -2.23. The summed E-state index contributed by atoms with van der Waals surface area (Å²) < 4.78 is 0. The monoisotopic (exact) mass is 337 g/mol. The molecule has 0 bridgehead atoms. The molecule has 7 heteroatoms. The Morgan fingerprint density at radius 2 is 2.36 bits per heavy atom. The number of aromatic hydroxyl groups is 1. The van der Waals surface area contributed by atoms with Gasteiger partial charge in [-0.15, -0.1) is 11.3 Å². The number of phenols is 1. The minimum atomic E-state index is -0.404. The molecule has 1 aromatic carbocycles. The van der Waals surface area contributed by atoms with Crippen LogP contribution in [-0.4, -0.2) is 34.0 Å². The SMILES string of the molecule is CCN1CCc2nc(NC(=O)c3cc(Cl)ccc3O)sc2C1. The quantitative estimate of drug-likeness (QED) is 0.903. The Labute approximate surface area is 137 Å². The third-order valence-electron chi connectivity index (χ3n) is 3.68. The first-order valence-corrected chi connectivity index (χ1v) is 8.27. The number of hydrogen-bond acceptors (Lipinski definition) is 5. The van der Waals surface area contributed by atoms with Gasteiger partial charge < -0.3 is 5.11 Å². The highest BCUT2D eigenvalue weighted by Crippen LogP contribution is 2.29. The Balaban J connectivity index is 1.78. The largest absolute Gasteiger partial charge is 0.507 e. The molecule has 5 nitrogen and oxygen atoms in total. The smallest absolute Gasteiger partial charge is 0.261 e. The van der Waals surface area contributed by atoms with Crippen LogP contribution in [0.3, 0.4) is 0 Å². The van der Waals surface area contributed by atoms with E-state index < -0.39 is 5.91 Å². The van der Waals surface area contributed by atoms with Crippen LogP contribution in [0.2, 0.25) is 5.02 Å². The number of halogens is 1. The molecule has 0 saturated heterocycles. The van der Waals surface area contributed by atoms with Gasteiger partial charge in [-0.1, -0.05) is 18.5 Å². The van der Waals surface area contributed by atoms with Gasteiger partial charge in [0.05, 0.1) is 11.3 Å². The number of carbonyl (C=O) groups is 1. The van der Waals surface area contributed by atoms with Crippen molar-refractivity contribution in [3.8, 4) is 5.75 Å². The lowest BCUT2D eigenvalue weighted by Crippen LogP contribution is -2.29. The predicted octanol–water partition coefficient (Wildman–Crippen LogP) is 3.13. The minimum Gasteiger partial charge on any atom is -0.507 e. The van der Waals surface area contributed by atoms with Gasteiger partial charge in [-0.25, -0.2) is 4.98 Å². The third-order valence-corrected chi connectivity index (χ3v) is 4.91. The first-order chi connectivity index (χ1) is 10.6. The molecule has 2 aromatic rings. The summed E-state index contributed by atoms with van der Waals surface area (Å²) in [5.74, 6) is -0.501. The summed E-state index contributed by atoms with van der Waals surface area (Å²) in [7, 11) is 0. The van der Waals surface area contributed by atoms with Crippen LogP contribution < -0.4 is 5.32 Å². The van der Waals surface area contributed by atoms with Crippen LogP contribution in [0.5, 0.6) is 5.75 Å². The van der Waals surface area contributed by atoms with Gasteiger partial charge in [0, 0.05) is 29.4 Å². The molecule has 1 aliphatic heterocycles. The Kier molecular flexibility index (Phi) is 4.33. The molecule has 0 atom stereocenters. The summed E-state index contributed by atoms with van der Waals surface area (Å²) in [6.45, 7) is 5.02. The van der Waals surface area contributed by atoms with Crippen LogP contribution in [0.25, 0.3) is 0 Å². The summed E-state index contributed by atoms with van der Waals surface area (Å²) in [6, 6.07) is 4.39. The normalized spacial score (nSPS) is 14.6. The standard InChI is InChI=1S/C15H16ClN3O2S/c1-2-19-6-5-11-13(8-19)22-15(17-11)18-14(21)10-7-9(16)3-4-12(10)20/h3-4,7,20H,2,5-6,8H2,1H3,(H,17,18,21). The second-order valence-corrected chi connectivity index (χ2v) is 6.64. The van der Waals surface area contributed by atoms with E-state index in [2.05, 4.69) is 22.1 Å². The first kappa shape index (κ1) is 15.3. The molecule has 0 unspecified atom stereocenters. The zero-order valence-electron chi connectivity index (χ0n) is 12.1. The van der Waals surface area contributed by atoms with Crippen molar-refractivity contribution < 1.29 is 9.90 Å². The molecule has 0 aliphatic carbocycles. The van der Waals surface area contributed by atoms with Crippen LogP contribution in [0.15, 0.2) is 18.2 Å². The van der Waals surface area contributed by atoms with Crippen LogP contribution in [0.1, 0.15) is 27.9 Å². The van der Waals surface area contributed by atoms with Crippen LogP contribution in [-0.2, 0) is 13.0 Å². The number of fused-ring (bicyclic) bond motifs is 1. The van der Waals surface area contributed by atoms with Crippen LogP contribution in [0.4, 0.5) is 5.13 Å². The fraction of sp³-hybridized carbons (Fsp3) is 0.333. The zero-order valence-corrected chi connectivity index (χ0v) is 13.7. The first-order valence-electron chi connectivity index (χ1n) is 7.07. The minimum absolute atomic E-state index is 0.0969. The summed E-state index contributed by atoms with van der Waals surface area (Å²) in [4.78, 5) is 20.3. The average Bonchev–Trinajstić information content (AvgIpc) is 2.90. The molecule has 3 rings (SSSR count). The van der Waals surface area contributed by atoms with E-state index in [4.69, 9.17) is 11.6 Å². The number of nitrogens with one attached hydrogen (secondary N) is 1. The molecule has 2 N–H and O–H groups in total. The van der Waals surface area contributed by atoms with E-state index >= 15 is 0 Å². The fourth-order valence-electron chi connectivity index (χ4n) is 2.43. The Morgan fingerprint density at radius 1 is 1.55 bits per heavy atom. The van der Waals surface area contributed by atoms with Crippen molar-refractivity contribution in [2.75, 3.05) is 18.4 Å². The van der Waals surface area contributed by atoms with Crippen molar-refractivity contribution in [3.05, 3.63) is 39.4 Å². The number of phenolic OH excluding ortho intramolecular Hbond substituents is 1. The van der Waals surface area contributed by atoms with E-state index in [9.17, 15) is 9.90 Å². The molecule has 0 spiro atoms. The van der Waals surface area contributed by atoms with Crippen molar-refractivity contribution in [2.45, 2.75) is 19.9 Å². The van der Waals surface area contributed by atoms with E-state index in [1.807, 2.05) is 0 Å². The number of nitrogens with zero attached hydrogens (tertiary/aromatic N) is 2. The second kappa shape index (κ2) is 6.24. The van der Waals surface area contributed by atoms with Crippen LogP contribution in [0, 0.1) is 0 Å². The highest BCUT2D eigenvalue weighted by molar-refractivity contribution is 7.15. The summed E-state index contributed by atoms with van der Waals surface area (Å²) in [6.07, 6.45) is 0.901. The molecule has 0 radical (unpaired) electrons. The van der Waals surface area contributed by atoms with Crippen molar-refractivity contribution in [1.82, 2.24) is 9.88 Å². The molecule has 1 aliphatic rings. The lowest BCUT2D eigenvalue weighted by molar-refractivity contribution is 0.102. The molecular weight excluding hydrogens is 322 g/mol. The van der Waals surface area contributed by atoms with Gasteiger partial charge in [0.2, 0.25) is 0 Å². The van der Waals surface area contributed by atoms with Gasteiger partial charge in [-0.3, -0.25) is 15.0 Å². The maximum atomic E-state index is 12.2. The van der Waals surface area contributed by atoms with Crippen molar-refractivity contribution in [2.24, 2.45) is 0 Å². The fourth-order valence-corrected chi connectivity index (χ4v) is 3.64. The van der Waals surface area contributed by atoms with Gasteiger partial charge in [0.25, 0.3) is 5.91 Å². The van der Waals surface area contributed by atoms with Gasteiger partial charge in [0.15, 0.2) is 5.13 Å². The van der Waals surface area contributed by atoms with E-state index in [0.29, 0.717) is 10.2 Å². The predicted molar refractivity (Wildman–Crippen MR) is 87.8 cm³/mol. The third kappa shape index (κ3) is 3.09. The number of likely N-dealkylation sites (N-methyl/N-ethyl adjacent to an activating group) is 1. The van der Waals surface area contributed by atoms with Crippen molar-refractivity contribution in [1.29, 1.82) is 0 Å². The molecular formula is C15H16ClN3O2S. The Bertz CT molecular complexity index is 717. The maximum absolute atomic E-state index is 12.2. The summed E-state index contributed by atoms with van der Waals surface area (Å²) in [5, 5.41) is 13.5. The molecule has 1 aromatic heterocycles. The number of aromatic nitrogens is 1. The van der Waals surface area contributed by atoms with Gasteiger partial charge in [-0.2, -0.15) is 0 Å². The van der Waals surface area contributed by atoms with E-state index in [0.717, 1.165) is 31.7 Å². The molecule has 0 saturated carbocycles. The number of hydrogen-bond donors (Lipinski definition) is 2. The highest BCUT2D eigenvalue weighted by Gasteiger charge is 2.21. The number of amides is 1. The number of thiazole rings is 1. The summed E-state index contributed by atoms with van der Waals surface area (Å²) in [5.41, 5.74) is 1.20. The number of carbonyl (C=O) groups excluding carboxylic acids is 1. The van der Waals surface area contributed by atoms with E-state index in [1.54, 1.807) is 0 Å². The second-order valence-electron chi connectivity index (χ2n) is 5.12. The lowest BCUT2D eigenvalue weighted by atomic mass is 10.2. The topological polar surface area (TPSA) is 65.5 Å². The highest BCUT2D eigenvalue weighted by atomic mass is 35.5. The van der Waals surface area contributed by atoms with Crippen molar-refractivity contribution in [3.63, 3.8) is 0 Å². The van der Waals surface area contributed by atoms with E-state index in [-0.39, 0.29) is 11.3 Å².